The van der Waals surface area contributed by atoms with Gasteiger partial charge in [0, 0.05) is 44.1 Å². The Kier molecular flexibility index (Phi) is 6.10. The predicted octanol–water partition coefficient (Wildman–Crippen LogP) is 3.09. The highest BCUT2D eigenvalue weighted by Gasteiger charge is 2.54. The van der Waals surface area contributed by atoms with Gasteiger partial charge in [-0.1, -0.05) is 0 Å². The van der Waals surface area contributed by atoms with Gasteiger partial charge >= 0.3 is 5.25 Å². The fourth-order valence-electron chi connectivity index (χ4n) is 3.54. The zero-order valence-corrected chi connectivity index (χ0v) is 17.2. The van der Waals surface area contributed by atoms with E-state index in [4.69, 9.17) is 0 Å². The van der Waals surface area contributed by atoms with Crippen molar-refractivity contribution in [1.29, 1.82) is 0 Å². The fraction of sp³-hybridized carbons (Fsp3) is 0.556. The van der Waals surface area contributed by atoms with Crippen LogP contribution in [0, 0.1) is 5.92 Å². The summed E-state index contributed by atoms with van der Waals surface area (Å²) in [5.41, 5.74) is -0.0616. The van der Waals surface area contributed by atoms with Crippen LogP contribution in [0.15, 0.2) is 29.4 Å². The molecule has 1 atom stereocenters. The predicted molar refractivity (Wildman–Crippen MR) is 100 cm³/mol. The van der Waals surface area contributed by atoms with Crippen molar-refractivity contribution in [3.05, 3.63) is 35.9 Å². The Hall–Kier alpha value is -2.21. The molecule has 1 aliphatic heterocycles. The summed E-state index contributed by atoms with van der Waals surface area (Å²) in [6.45, 7) is 1.84. The molecule has 7 nitrogen and oxygen atoms in total. The minimum Gasteiger partial charge on any atom is -0.387 e. The van der Waals surface area contributed by atoms with Crippen molar-refractivity contribution in [3.8, 4) is 0 Å². The molecular formula is C18H22F4N4O3S. The fourth-order valence-corrected chi connectivity index (χ4v) is 5.21. The number of rotatable bonds is 6. The summed E-state index contributed by atoms with van der Waals surface area (Å²) < 4.78 is 82.2. The zero-order valence-electron chi connectivity index (χ0n) is 16.3. The van der Waals surface area contributed by atoms with Gasteiger partial charge in [0.15, 0.2) is 0 Å². The first-order valence-corrected chi connectivity index (χ1v) is 10.8. The molecular weight excluding hydrogens is 428 g/mol. The highest BCUT2D eigenvalue weighted by Crippen LogP contribution is 2.43. The molecule has 0 bridgehead atoms. The topological polar surface area (TPSA) is 88.3 Å². The Balaban J connectivity index is 1.80. The molecule has 1 N–H and O–H groups in total. The Morgan fingerprint density at radius 3 is 2.47 bits per heavy atom. The number of piperidine rings is 1. The summed E-state index contributed by atoms with van der Waals surface area (Å²) >= 11 is 0. The van der Waals surface area contributed by atoms with Gasteiger partial charge in [0.05, 0.1) is 11.8 Å². The maximum Gasteiger partial charge on any atom is 0.353 e. The summed E-state index contributed by atoms with van der Waals surface area (Å²) in [5, 5.41) is 8.76. The molecule has 1 saturated heterocycles. The van der Waals surface area contributed by atoms with Crippen LogP contribution < -0.4 is 4.90 Å². The van der Waals surface area contributed by atoms with Crippen LogP contribution in [0.2, 0.25) is 0 Å². The number of halogens is 4. The second-order valence-corrected chi connectivity index (χ2v) is 9.29. The SMILES string of the molecule is CC(O)c1cc(N2CCC(C(F)(F)S(=O)(=O)c3cn(C)nc3C(F)F)CC2)ccn1. The summed E-state index contributed by atoms with van der Waals surface area (Å²) in [7, 11) is -4.16. The Morgan fingerprint density at radius 1 is 1.27 bits per heavy atom. The molecule has 0 aromatic carbocycles. The standard InChI is InChI=1S/C18H22F4N4O3S/c1-11(27)14-9-13(3-6-23-14)26-7-4-12(5-8-26)18(21,22)30(28,29)15-10-25(2)24-16(15)17(19)20/h3,6,9-12,17,27H,4-5,7-8H2,1-2H3. The Labute approximate surface area is 171 Å². The van der Waals surface area contributed by atoms with E-state index >= 15 is 0 Å². The monoisotopic (exact) mass is 450 g/mol. The van der Waals surface area contributed by atoms with Crippen LogP contribution in [0.3, 0.4) is 0 Å². The molecule has 0 radical (unpaired) electrons. The highest BCUT2D eigenvalue weighted by atomic mass is 32.2. The van der Waals surface area contributed by atoms with Crippen LogP contribution in [-0.2, 0) is 16.9 Å². The van der Waals surface area contributed by atoms with Gasteiger partial charge in [0.2, 0.25) is 9.84 Å². The van der Waals surface area contributed by atoms with Gasteiger partial charge in [-0.3, -0.25) is 9.67 Å². The molecule has 12 heteroatoms. The lowest BCUT2D eigenvalue weighted by molar-refractivity contribution is 0.0147. The van der Waals surface area contributed by atoms with Gasteiger partial charge in [0.1, 0.15) is 10.6 Å². The van der Waals surface area contributed by atoms with Gasteiger partial charge in [-0.05, 0) is 31.9 Å². The number of hydrogen-bond acceptors (Lipinski definition) is 6. The lowest BCUT2D eigenvalue weighted by Crippen LogP contribution is -2.44. The van der Waals surface area contributed by atoms with Gasteiger partial charge in [-0.15, -0.1) is 0 Å². The lowest BCUT2D eigenvalue weighted by Gasteiger charge is -2.36. The maximum atomic E-state index is 15.0. The van der Waals surface area contributed by atoms with Crippen molar-refractivity contribution in [2.75, 3.05) is 18.0 Å². The van der Waals surface area contributed by atoms with Crippen LogP contribution in [0.5, 0.6) is 0 Å². The van der Waals surface area contributed by atoms with Crippen LogP contribution in [0.1, 0.15) is 43.7 Å². The van der Waals surface area contributed by atoms with Gasteiger partial charge < -0.3 is 10.0 Å². The number of nitrogens with zero attached hydrogens (tertiary/aromatic N) is 4. The zero-order chi connectivity index (χ0) is 22.3. The second-order valence-electron chi connectivity index (χ2n) is 7.29. The van der Waals surface area contributed by atoms with Gasteiger partial charge in [-0.2, -0.15) is 13.9 Å². The summed E-state index contributed by atoms with van der Waals surface area (Å²) in [5.74, 6) is -1.53. The van der Waals surface area contributed by atoms with E-state index in [2.05, 4.69) is 10.1 Å². The molecule has 0 amide bonds. The van der Waals surface area contributed by atoms with Gasteiger partial charge in [-0.25, -0.2) is 17.2 Å². The number of sulfone groups is 1. The van der Waals surface area contributed by atoms with Crippen molar-refractivity contribution in [3.63, 3.8) is 0 Å². The first-order chi connectivity index (χ1) is 13.9. The van der Waals surface area contributed by atoms with Crippen molar-refractivity contribution < 1.29 is 31.1 Å². The molecule has 2 aromatic heterocycles. The molecule has 1 unspecified atom stereocenters. The van der Waals surface area contributed by atoms with Crippen LogP contribution in [0.25, 0.3) is 0 Å². The first kappa shape index (κ1) is 22.5. The number of aliphatic hydroxyl groups is 1. The number of aryl methyl sites for hydroxylation is 1. The molecule has 0 saturated carbocycles. The summed E-state index contributed by atoms with van der Waals surface area (Å²) in [4.78, 5) is 4.69. The number of aromatic nitrogens is 3. The molecule has 1 fully saturated rings. The smallest absolute Gasteiger partial charge is 0.353 e. The number of anilines is 1. The average molecular weight is 450 g/mol. The van der Waals surface area contributed by atoms with Crippen molar-refractivity contribution in [1.82, 2.24) is 14.8 Å². The van der Waals surface area contributed by atoms with Crippen LogP contribution >= 0.6 is 0 Å². The highest BCUT2D eigenvalue weighted by molar-refractivity contribution is 7.92. The summed E-state index contributed by atoms with van der Waals surface area (Å²) in [6.07, 6.45) is -2.19. The lowest BCUT2D eigenvalue weighted by atomic mass is 9.96. The van der Waals surface area contributed by atoms with Crippen LogP contribution in [-0.4, -0.2) is 46.6 Å². The molecule has 166 valence electrons. The van der Waals surface area contributed by atoms with Crippen molar-refractivity contribution in [2.45, 2.75) is 42.4 Å². The number of hydrogen-bond donors (Lipinski definition) is 1. The first-order valence-electron chi connectivity index (χ1n) is 9.28. The van der Waals surface area contributed by atoms with E-state index in [1.54, 1.807) is 24.0 Å². The van der Waals surface area contributed by atoms with Crippen molar-refractivity contribution >= 4 is 15.5 Å². The molecule has 3 heterocycles. The van der Waals surface area contributed by atoms with Crippen LogP contribution in [0.4, 0.5) is 23.2 Å². The Bertz CT molecular complexity index is 1000. The van der Waals surface area contributed by atoms with E-state index in [0.29, 0.717) is 17.6 Å². The molecule has 0 spiro atoms. The minimum absolute atomic E-state index is 0.147. The van der Waals surface area contributed by atoms with Crippen molar-refractivity contribution in [2.24, 2.45) is 13.0 Å². The molecule has 3 rings (SSSR count). The van der Waals surface area contributed by atoms with E-state index in [0.717, 1.165) is 4.68 Å². The third-order valence-corrected chi connectivity index (χ3v) is 7.15. The minimum atomic E-state index is -5.35. The molecule has 2 aromatic rings. The number of pyridine rings is 1. The normalized spacial score (nSPS) is 17.5. The van der Waals surface area contributed by atoms with E-state index in [-0.39, 0.29) is 25.9 Å². The van der Waals surface area contributed by atoms with E-state index in [9.17, 15) is 31.1 Å². The van der Waals surface area contributed by atoms with Gasteiger partial charge in [0.25, 0.3) is 6.43 Å². The number of alkyl halides is 4. The number of aliphatic hydroxyl groups excluding tert-OH is 1. The Morgan fingerprint density at radius 2 is 1.90 bits per heavy atom. The van der Waals surface area contributed by atoms with E-state index in [1.165, 1.54) is 13.2 Å². The molecule has 0 aliphatic carbocycles. The third kappa shape index (κ3) is 4.02. The average Bonchev–Trinajstić information content (AvgIpc) is 3.11. The second kappa shape index (κ2) is 8.14. The molecule has 30 heavy (non-hydrogen) atoms. The summed E-state index contributed by atoms with van der Waals surface area (Å²) in [6, 6.07) is 3.32. The molecule has 1 aliphatic rings. The quantitative estimate of drug-likeness (QED) is 0.681. The maximum absolute atomic E-state index is 15.0. The van der Waals surface area contributed by atoms with E-state index in [1.807, 2.05) is 0 Å². The largest absolute Gasteiger partial charge is 0.387 e. The third-order valence-electron chi connectivity index (χ3n) is 5.20. The van der Waals surface area contributed by atoms with E-state index < -0.39 is 44.1 Å².